The summed E-state index contributed by atoms with van der Waals surface area (Å²) in [4.78, 5) is 31.4. The molecule has 1 amide bonds. The van der Waals surface area contributed by atoms with Crippen LogP contribution in [-0.4, -0.2) is 51.9 Å². The van der Waals surface area contributed by atoms with Crippen molar-refractivity contribution in [3.05, 3.63) is 115 Å². The van der Waals surface area contributed by atoms with E-state index >= 15 is 0 Å². The van der Waals surface area contributed by atoms with Crippen LogP contribution in [0, 0.1) is 0 Å². The number of piperazine rings is 1. The number of benzene rings is 3. The van der Waals surface area contributed by atoms with Gasteiger partial charge in [-0.3, -0.25) is 14.6 Å². The minimum Gasteiger partial charge on any atom is -0.369 e. The van der Waals surface area contributed by atoms with Gasteiger partial charge in [-0.25, -0.2) is 9.97 Å². The number of aromatic amines is 1. The van der Waals surface area contributed by atoms with Gasteiger partial charge >= 0.3 is 0 Å². The number of rotatable bonds is 8. The van der Waals surface area contributed by atoms with E-state index in [1.54, 1.807) is 6.20 Å². The van der Waals surface area contributed by atoms with Gasteiger partial charge in [0.2, 0.25) is 11.9 Å². The molecule has 8 heteroatoms. The third-order valence-corrected chi connectivity index (χ3v) is 7.24. The average Bonchev–Trinajstić information content (AvgIpc) is 3.52. The molecule has 1 aliphatic heterocycles. The molecule has 5 aromatic rings. The van der Waals surface area contributed by atoms with Crippen LogP contribution in [0.15, 0.2) is 109 Å². The summed E-state index contributed by atoms with van der Waals surface area (Å²) >= 11 is 0. The van der Waals surface area contributed by atoms with Gasteiger partial charge in [-0.05, 0) is 60.7 Å². The highest BCUT2D eigenvalue weighted by molar-refractivity contribution is 5.89. The summed E-state index contributed by atoms with van der Waals surface area (Å²) in [5, 5.41) is 2.81. The molecule has 0 aliphatic carbocycles. The van der Waals surface area contributed by atoms with Crippen LogP contribution in [-0.2, 0) is 11.3 Å². The summed E-state index contributed by atoms with van der Waals surface area (Å²) in [6.45, 7) is 6.41. The summed E-state index contributed by atoms with van der Waals surface area (Å²) in [5.41, 5.74) is 6.93. The summed E-state index contributed by atoms with van der Waals surface area (Å²) in [6.07, 6.45) is 3.78. The normalized spacial score (nSPS) is 13.6. The number of carbonyl (C=O) groups is 1. The fraction of sp³-hybridized carbons (Fsp3) is 0.182. The Bertz CT molecular complexity index is 1580. The molecular weight excluding hydrogens is 510 g/mol. The Morgan fingerprint density at radius 1 is 0.878 bits per heavy atom. The monoisotopic (exact) mass is 543 g/mol. The van der Waals surface area contributed by atoms with E-state index in [0.717, 1.165) is 61.0 Å². The van der Waals surface area contributed by atoms with Crippen LogP contribution in [0.2, 0.25) is 0 Å². The topological polar surface area (TPSA) is 80.4 Å². The van der Waals surface area contributed by atoms with E-state index in [-0.39, 0.29) is 5.91 Å². The van der Waals surface area contributed by atoms with E-state index in [0.29, 0.717) is 5.95 Å². The zero-order valence-electron chi connectivity index (χ0n) is 23.1. The Hall–Kier alpha value is -4.95. The molecule has 0 atom stereocenters. The van der Waals surface area contributed by atoms with Crippen molar-refractivity contribution in [1.29, 1.82) is 0 Å². The minimum absolute atomic E-state index is 0.0961. The Morgan fingerprint density at radius 2 is 1.66 bits per heavy atom. The summed E-state index contributed by atoms with van der Waals surface area (Å²) in [5.74, 6) is 0.494. The largest absolute Gasteiger partial charge is 0.369 e. The predicted molar refractivity (Wildman–Crippen MR) is 165 cm³/mol. The van der Waals surface area contributed by atoms with Crippen LogP contribution >= 0.6 is 0 Å². The van der Waals surface area contributed by atoms with Crippen LogP contribution < -0.4 is 15.1 Å². The van der Waals surface area contributed by atoms with Crippen LogP contribution in [0.4, 0.5) is 28.7 Å². The van der Waals surface area contributed by atoms with Gasteiger partial charge < -0.3 is 15.2 Å². The zero-order chi connectivity index (χ0) is 28.0. The number of hydrogen-bond donors (Lipinski definition) is 2. The molecule has 3 heterocycles. The lowest BCUT2D eigenvalue weighted by molar-refractivity contribution is -0.114. The molecule has 41 heavy (non-hydrogen) atoms. The number of anilines is 5. The van der Waals surface area contributed by atoms with Crippen molar-refractivity contribution in [3.8, 4) is 11.3 Å². The molecule has 1 aliphatic rings. The first-order valence-corrected chi connectivity index (χ1v) is 13.9. The van der Waals surface area contributed by atoms with Gasteiger partial charge in [0.1, 0.15) is 0 Å². The van der Waals surface area contributed by atoms with Crippen LogP contribution in [0.3, 0.4) is 0 Å². The number of aromatic nitrogens is 3. The van der Waals surface area contributed by atoms with Gasteiger partial charge in [-0.15, -0.1) is 0 Å². The maximum atomic E-state index is 11.4. The summed E-state index contributed by atoms with van der Waals surface area (Å²) < 4.78 is 0. The van der Waals surface area contributed by atoms with Crippen molar-refractivity contribution < 1.29 is 4.79 Å². The number of H-pyrrole nitrogens is 1. The number of nitrogens with zero attached hydrogens (tertiary/aromatic N) is 5. The number of hydrogen-bond acceptors (Lipinski definition) is 6. The highest BCUT2D eigenvalue weighted by Gasteiger charge is 2.20. The van der Waals surface area contributed by atoms with E-state index in [4.69, 9.17) is 9.97 Å². The number of nitrogens with one attached hydrogen (secondary N) is 2. The summed E-state index contributed by atoms with van der Waals surface area (Å²) in [7, 11) is 0. The third-order valence-electron chi connectivity index (χ3n) is 7.24. The molecule has 1 fully saturated rings. The van der Waals surface area contributed by atoms with Crippen molar-refractivity contribution in [2.75, 3.05) is 41.3 Å². The molecule has 3 aromatic carbocycles. The Kier molecular flexibility index (Phi) is 7.73. The predicted octanol–water partition coefficient (Wildman–Crippen LogP) is 6.22. The average molecular weight is 544 g/mol. The maximum Gasteiger partial charge on any atom is 0.235 e. The van der Waals surface area contributed by atoms with Crippen molar-refractivity contribution in [2.24, 2.45) is 0 Å². The molecule has 2 N–H and O–H groups in total. The first-order valence-electron chi connectivity index (χ1n) is 13.9. The second kappa shape index (κ2) is 12.1. The lowest BCUT2D eigenvalue weighted by Crippen LogP contribution is -2.46. The molecule has 1 saturated heterocycles. The molecule has 0 saturated carbocycles. The highest BCUT2D eigenvalue weighted by Crippen LogP contribution is 2.35. The van der Waals surface area contributed by atoms with E-state index < -0.39 is 0 Å². The second-order valence-electron chi connectivity index (χ2n) is 10.1. The minimum atomic E-state index is -0.0961. The molecule has 6 rings (SSSR count). The van der Waals surface area contributed by atoms with Gasteiger partial charge in [0.25, 0.3) is 0 Å². The third kappa shape index (κ3) is 6.28. The maximum absolute atomic E-state index is 11.4. The molecule has 0 unspecified atom stereocenters. The molecule has 0 bridgehead atoms. The molecular formula is C33H33N7O. The summed E-state index contributed by atoms with van der Waals surface area (Å²) in [6, 6.07) is 32.6. The van der Waals surface area contributed by atoms with Gasteiger partial charge in [-0.1, -0.05) is 36.4 Å². The van der Waals surface area contributed by atoms with Crippen molar-refractivity contribution in [1.82, 2.24) is 19.9 Å². The molecule has 206 valence electrons. The lowest BCUT2D eigenvalue weighted by atomic mass is 10.1. The number of amides is 1. The second-order valence-corrected chi connectivity index (χ2v) is 10.1. The lowest BCUT2D eigenvalue weighted by Gasteiger charge is -2.36. The molecule has 8 nitrogen and oxygen atoms in total. The smallest absolute Gasteiger partial charge is 0.235 e. The SMILES string of the molecule is CC(=O)Nc1ccc(-c2ccnc(N(c3ccccc3)c3cccc(N4CCN(Cc5ccc[nH]5)CC4)c3)n2)cc1. The van der Waals surface area contributed by atoms with E-state index in [2.05, 4.69) is 73.5 Å². The van der Waals surface area contributed by atoms with E-state index in [1.165, 1.54) is 18.3 Å². The fourth-order valence-corrected chi connectivity index (χ4v) is 5.20. The van der Waals surface area contributed by atoms with Crippen LogP contribution in [0.5, 0.6) is 0 Å². The van der Waals surface area contributed by atoms with Crippen molar-refractivity contribution in [2.45, 2.75) is 13.5 Å². The van der Waals surface area contributed by atoms with E-state index in [9.17, 15) is 4.79 Å². The van der Waals surface area contributed by atoms with Gasteiger partial charge in [-0.2, -0.15) is 0 Å². The number of para-hydroxylation sites is 1. The van der Waals surface area contributed by atoms with Gasteiger partial charge in [0.05, 0.1) is 11.4 Å². The van der Waals surface area contributed by atoms with Crippen LogP contribution in [0.25, 0.3) is 11.3 Å². The molecule has 0 radical (unpaired) electrons. The van der Waals surface area contributed by atoms with Gasteiger partial charge in [0, 0.05) is 80.4 Å². The molecule has 0 spiro atoms. The van der Waals surface area contributed by atoms with E-state index in [1.807, 2.05) is 54.7 Å². The standard InChI is InChI=1S/C33H33N7O/c1-25(41)36-27-14-12-26(13-15-27)32-16-18-35-33(37-32)40(29-8-3-2-4-9-29)31-11-5-10-30(23-31)39-21-19-38(20-22-39)24-28-7-6-17-34-28/h2-18,23,34H,19-22,24H2,1H3,(H,36,41). The number of carbonyl (C=O) groups excluding carboxylic acids is 1. The van der Waals surface area contributed by atoms with Crippen molar-refractivity contribution >= 4 is 34.6 Å². The first kappa shape index (κ1) is 26.3. The quantitative estimate of drug-likeness (QED) is 0.242. The first-order chi connectivity index (χ1) is 20.1. The van der Waals surface area contributed by atoms with Gasteiger partial charge in [0.15, 0.2) is 0 Å². The Morgan fingerprint density at radius 3 is 2.39 bits per heavy atom. The Balaban J connectivity index is 1.26. The van der Waals surface area contributed by atoms with Crippen molar-refractivity contribution in [3.63, 3.8) is 0 Å². The van der Waals surface area contributed by atoms with Crippen LogP contribution in [0.1, 0.15) is 12.6 Å². The fourth-order valence-electron chi connectivity index (χ4n) is 5.20. The zero-order valence-corrected chi connectivity index (χ0v) is 23.1. The highest BCUT2D eigenvalue weighted by atomic mass is 16.1. The molecule has 2 aromatic heterocycles. The Labute approximate surface area is 240 Å².